The Morgan fingerprint density at radius 2 is 0.746 bits per heavy atom. The molecular weight excluding hydrogens is 827 g/mol. The summed E-state index contributed by atoms with van der Waals surface area (Å²) in [5.41, 5.74) is 0. The molecule has 3 N–H and O–H groups in total. The first-order valence-electron chi connectivity index (χ1n) is 29.1. The van der Waals surface area contributed by atoms with E-state index in [4.69, 9.17) is 4.74 Å². The van der Waals surface area contributed by atoms with Gasteiger partial charge in [-0.3, -0.25) is 9.59 Å². The normalized spacial score (nSPS) is 13.1. The first-order chi connectivity index (χ1) is 33.0. The van der Waals surface area contributed by atoms with E-state index in [1.807, 2.05) is 6.08 Å². The second kappa shape index (κ2) is 56.2. The maximum absolute atomic E-state index is 12.4. The minimum Gasteiger partial charge on any atom is -0.465 e. The average Bonchev–Trinajstić information content (AvgIpc) is 3.33. The number of hydrogen-bond donors (Lipinski definition) is 3. The van der Waals surface area contributed by atoms with Crippen molar-refractivity contribution in [2.24, 2.45) is 0 Å². The van der Waals surface area contributed by atoms with Crippen LogP contribution in [0.5, 0.6) is 0 Å². The van der Waals surface area contributed by atoms with Gasteiger partial charge in [-0.2, -0.15) is 0 Å². The summed E-state index contributed by atoms with van der Waals surface area (Å²) in [5.74, 6) is -0.124. The summed E-state index contributed by atoms with van der Waals surface area (Å²) in [6, 6.07) is -0.632. The van der Waals surface area contributed by atoms with E-state index in [1.54, 1.807) is 6.08 Å². The first-order valence-corrected chi connectivity index (χ1v) is 29.1. The van der Waals surface area contributed by atoms with Gasteiger partial charge in [0.15, 0.2) is 0 Å². The van der Waals surface area contributed by atoms with Gasteiger partial charge in [0.25, 0.3) is 0 Å². The highest BCUT2D eigenvalue weighted by Crippen LogP contribution is 2.16. The zero-order valence-electron chi connectivity index (χ0n) is 44.4. The van der Waals surface area contributed by atoms with Crippen LogP contribution in [-0.2, 0) is 14.3 Å². The third-order valence-electron chi connectivity index (χ3n) is 13.0. The predicted octanol–water partition coefficient (Wildman–Crippen LogP) is 18.0. The fourth-order valence-corrected chi connectivity index (χ4v) is 8.56. The summed E-state index contributed by atoms with van der Waals surface area (Å²) < 4.78 is 5.41. The lowest BCUT2D eigenvalue weighted by atomic mass is 10.0. The van der Waals surface area contributed by atoms with E-state index in [0.29, 0.717) is 19.4 Å². The molecule has 0 saturated heterocycles. The summed E-state index contributed by atoms with van der Waals surface area (Å²) in [5, 5.41) is 23.1. The Kier molecular flexibility index (Phi) is 54.1. The van der Waals surface area contributed by atoms with Crippen LogP contribution in [0.4, 0.5) is 0 Å². The number of aliphatic hydroxyl groups is 2. The molecule has 0 saturated carbocycles. The molecule has 0 rings (SSSR count). The monoisotopic (exact) mass is 938 g/mol. The van der Waals surface area contributed by atoms with Crippen molar-refractivity contribution in [3.05, 3.63) is 60.8 Å². The highest BCUT2D eigenvalue weighted by atomic mass is 16.5. The molecule has 0 radical (unpaired) electrons. The quantitative estimate of drug-likeness (QED) is 0.0321. The second-order valence-corrected chi connectivity index (χ2v) is 19.6. The van der Waals surface area contributed by atoms with Crippen LogP contribution in [0.15, 0.2) is 60.8 Å². The third kappa shape index (κ3) is 52.8. The fourth-order valence-electron chi connectivity index (χ4n) is 8.56. The number of carbonyl (C=O) groups excluding carboxylic acids is 2. The van der Waals surface area contributed by atoms with E-state index < -0.39 is 12.1 Å². The largest absolute Gasteiger partial charge is 0.465 e. The Bertz CT molecular complexity index is 1170. The molecule has 6 nitrogen and oxygen atoms in total. The lowest BCUT2D eigenvalue weighted by Gasteiger charge is -2.20. The molecule has 0 aliphatic heterocycles. The third-order valence-corrected chi connectivity index (χ3v) is 13.0. The number of allylic oxidation sites excluding steroid dienone is 8. The number of carbonyl (C=O) groups is 2. The Balaban J connectivity index is 3.49. The van der Waals surface area contributed by atoms with Gasteiger partial charge in [0.05, 0.1) is 25.4 Å². The van der Waals surface area contributed by atoms with E-state index >= 15 is 0 Å². The van der Waals surface area contributed by atoms with Crippen LogP contribution in [-0.4, -0.2) is 47.4 Å². The molecule has 0 heterocycles. The topological polar surface area (TPSA) is 95.9 Å². The molecule has 2 unspecified atom stereocenters. The maximum Gasteiger partial charge on any atom is 0.305 e. The van der Waals surface area contributed by atoms with Crippen molar-refractivity contribution in [1.82, 2.24) is 5.32 Å². The van der Waals surface area contributed by atoms with Crippen LogP contribution in [0.2, 0.25) is 0 Å². The summed E-state index contributed by atoms with van der Waals surface area (Å²) >= 11 is 0. The van der Waals surface area contributed by atoms with Crippen LogP contribution >= 0.6 is 0 Å². The van der Waals surface area contributed by atoms with Gasteiger partial charge in [-0.05, 0) is 83.5 Å². The van der Waals surface area contributed by atoms with Gasteiger partial charge < -0.3 is 20.3 Å². The Hall–Kier alpha value is -2.44. The van der Waals surface area contributed by atoms with E-state index in [1.165, 1.54) is 199 Å². The molecule has 0 aliphatic rings. The zero-order valence-corrected chi connectivity index (χ0v) is 44.4. The number of unbranched alkanes of at least 4 members (excludes halogenated alkanes) is 34. The Morgan fingerprint density at radius 1 is 0.418 bits per heavy atom. The van der Waals surface area contributed by atoms with Gasteiger partial charge in [0, 0.05) is 12.8 Å². The van der Waals surface area contributed by atoms with Gasteiger partial charge in [-0.15, -0.1) is 0 Å². The Labute approximate surface area is 416 Å². The van der Waals surface area contributed by atoms with Gasteiger partial charge in [0.2, 0.25) is 5.91 Å². The molecular formula is C61H111NO5. The summed E-state index contributed by atoms with van der Waals surface area (Å²) in [6.45, 7) is 4.76. The van der Waals surface area contributed by atoms with Crippen LogP contribution in [0, 0.1) is 0 Å². The summed E-state index contributed by atoms with van der Waals surface area (Å²) in [4.78, 5) is 24.5. The molecule has 6 heteroatoms. The van der Waals surface area contributed by atoms with Crippen molar-refractivity contribution in [1.29, 1.82) is 0 Å². The van der Waals surface area contributed by atoms with Gasteiger partial charge >= 0.3 is 5.97 Å². The van der Waals surface area contributed by atoms with Crippen molar-refractivity contribution in [3.8, 4) is 0 Å². The average molecular weight is 939 g/mol. The second-order valence-electron chi connectivity index (χ2n) is 19.6. The summed E-state index contributed by atoms with van der Waals surface area (Å²) in [6.07, 6.45) is 72.6. The molecule has 0 aromatic carbocycles. The fraction of sp³-hybridized carbons (Fsp3) is 0.803. The maximum atomic E-state index is 12.4. The smallest absolute Gasteiger partial charge is 0.305 e. The lowest BCUT2D eigenvalue weighted by Crippen LogP contribution is -2.45. The van der Waals surface area contributed by atoms with E-state index in [0.717, 1.165) is 64.2 Å². The first kappa shape index (κ1) is 64.6. The van der Waals surface area contributed by atoms with E-state index in [9.17, 15) is 19.8 Å². The molecule has 0 aliphatic carbocycles. The molecule has 0 aromatic rings. The predicted molar refractivity (Wildman–Crippen MR) is 292 cm³/mol. The molecule has 0 spiro atoms. The highest BCUT2D eigenvalue weighted by molar-refractivity contribution is 5.76. The van der Waals surface area contributed by atoms with E-state index in [2.05, 4.69) is 67.8 Å². The minimum absolute atomic E-state index is 0.0501. The highest BCUT2D eigenvalue weighted by Gasteiger charge is 2.18. The molecule has 0 aromatic heterocycles. The van der Waals surface area contributed by atoms with E-state index in [-0.39, 0.29) is 18.5 Å². The number of aliphatic hydroxyl groups excluding tert-OH is 2. The molecule has 0 bridgehead atoms. The van der Waals surface area contributed by atoms with Crippen LogP contribution < -0.4 is 5.32 Å². The molecule has 1 amide bonds. The van der Waals surface area contributed by atoms with Crippen molar-refractivity contribution < 1.29 is 24.5 Å². The van der Waals surface area contributed by atoms with Gasteiger partial charge in [-0.25, -0.2) is 0 Å². The van der Waals surface area contributed by atoms with Crippen LogP contribution in [0.3, 0.4) is 0 Å². The molecule has 2 atom stereocenters. The van der Waals surface area contributed by atoms with Crippen molar-refractivity contribution in [2.45, 2.75) is 302 Å². The number of rotatable bonds is 53. The standard InChI is InChI=1S/C61H111NO5/c1-3-5-7-9-11-13-15-17-18-27-31-35-39-43-47-51-55-61(66)67-56-52-48-44-40-36-32-28-25-23-21-19-20-22-24-26-30-34-38-42-46-50-54-60(65)62-58(57-63)59(64)53-49-45-41-37-33-29-16-14-12-10-8-6-4-2/h13,15,18,27,32,36,44,48-49,53,58-59,63-64H,3-12,14,16-17,19-26,28-31,33-35,37-43,45-47,50-52,54-57H2,1-2H3,(H,62,65)/b15-13-,27-18-,36-32-,48-44-,53-49+. The number of amides is 1. The van der Waals surface area contributed by atoms with Crippen LogP contribution in [0.25, 0.3) is 0 Å². The summed E-state index contributed by atoms with van der Waals surface area (Å²) in [7, 11) is 0. The van der Waals surface area contributed by atoms with Crippen molar-refractivity contribution in [2.75, 3.05) is 13.2 Å². The van der Waals surface area contributed by atoms with Gasteiger partial charge in [0.1, 0.15) is 0 Å². The Morgan fingerprint density at radius 3 is 1.15 bits per heavy atom. The zero-order chi connectivity index (χ0) is 48.6. The molecule has 390 valence electrons. The number of hydrogen-bond acceptors (Lipinski definition) is 5. The lowest BCUT2D eigenvalue weighted by molar-refractivity contribution is -0.143. The van der Waals surface area contributed by atoms with Crippen LogP contribution in [0.1, 0.15) is 290 Å². The van der Waals surface area contributed by atoms with Gasteiger partial charge in [-0.1, -0.05) is 254 Å². The van der Waals surface area contributed by atoms with Crippen molar-refractivity contribution in [3.63, 3.8) is 0 Å². The number of nitrogens with one attached hydrogen (secondary N) is 1. The SMILES string of the molecule is CCCCCC/C=C\C/C=C\CCCCCCCC(=O)OCC/C=C\C/C=C\CCCCCCCCCCCCCCCCC(=O)NC(CO)C(O)/C=C/CCCCCCCCCCCCC. The van der Waals surface area contributed by atoms with Crippen molar-refractivity contribution >= 4 is 11.9 Å². The number of esters is 1. The minimum atomic E-state index is -0.848. The molecule has 67 heavy (non-hydrogen) atoms. The molecule has 0 fully saturated rings. The number of ether oxygens (including phenoxy) is 1.